The van der Waals surface area contributed by atoms with Crippen LogP contribution in [0.2, 0.25) is 10.0 Å². The summed E-state index contributed by atoms with van der Waals surface area (Å²) in [6.07, 6.45) is 3.63. The third-order valence-electron chi connectivity index (χ3n) is 3.00. The number of nitrogens with zero attached hydrogens (tertiary/aromatic N) is 3. The standard InChI is InChI=1S/C13H11Cl2N5/c1-20-6-8(5-17-20)12-11(13(16)19-18-12)7-2-3-9(14)10(15)4-7/h2-6H,1H3,(H3,16,18,19). The number of hydrogen-bond donors (Lipinski definition) is 2. The van der Waals surface area contributed by atoms with Gasteiger partial charge in [0.25, 0.3) is 0 Å². The van der Waals surface area contributed by atoms with Gasteiger partial charge in [-0.05, 0) is 17.7 Å². The number of anilines is 1. The minimum absolute atomic E-state index is 0.405. The van der Waals surface area contributed by atoms with E-state index in [9.17, 15) is 0 Å². The fourth-order valence-corrected chi connectivity index (χ4v) is 2.36. The van der Waals surface area contributed by atoms with Gasteiger partial charge in [-0.1, -0.05) is 29.3 Å². The summed E-state index contributed by atoms with van der Waals surface area (Å²) in [7, 11) is 1.85. The molecule has 0 atom stereocenters. The first kappa shape index (κ1) is 13.0. The third-order valence-corrected chi connectivity index (χ3v) is 3.74. The zero-order chi connectivity index (χ0) is 14.3. The molecular formula is C13H11Cl2N5. The Kier molecular flexibility index (Phi) is 3.16. The molecule has 3 N–H and O–H groups in total. The average molecular weight is 308 g/mol. The van der Waals surface area contributed by atoms with Gasteiger partial charge in [0.05, 0.1) is 27.5 Å². The number of benzene rings is 1. The molecule has 0 unspecified atom stereocenters. The van der Waals surface area contributed by atoms with Crippen molar-refractivity contribution in [3.8, 4) is 22.4 Å². The Bertz CT molecular complexity index is 775. The van der Waals surface area contributed by atoms with Gasteiger partial charge in [0.2, 0.25) is 0 Å². The molecule has 102 valence electrons. The molecule has 2 aromatic heterocycles. The van der Waals surface area contributed by atoms with Gasteiger partial charge in [0.15, 0.2) is 5.82 Å². The molecule has 5 nitrogen and oxygen atoms in total. The van der Waals surface area contributed by atoms with Crippen LogP contribution in [0.1, 0.15) is 0 Å². The van der Waals surface area contributed by atoms with E-state index < -0.39 is 0 Å². The monoisotopic (exact) mass is 307 g/mol. The molecule has 0 amide bonds. The molecule has 0 saturated heterocycles. The molecule has 0 fully saturated rings. The van der Waals surface area contributed by atoms with Crippen LogP contribution in [-0.2, 0) is 7.05 Å². The number of aromatic amines is 1. The van der Waals surface area contributed by atoms with Crippen LogP contribution in [0.4, 0.5) is 5.82 Å². The Morgan fingerprint density at radius 3 is 2.65 bits per heavy atom. The molecule has 20 heavy (non-hydrogen) atoms. The van der Waals surface area contributed by atoms with Crippen molar-refractivity contribution in [2.24, 2.45) is 7.05 Å². The lowest BCUT2D eigenvalue weighted by atomic mass is 10.0. The van der Waals surface area contributed by atoms with E-state index in [1.807, 2.05) is 19.3 Å². The maximum atomic E-state index is 6.07. The fraction of sp³-hybridized carbons (Fsp3) is 0.0769. The number of aryl methyl sites for hydroxylation is 1. The van der Waals surface area contributed by atoms with Crippen molar-refractivity contribution in [1.82, 2.24) is 20.0 Å². The molecule has 0 aliphatic heterocycles. The fourth-order valence-electron chi connectivity index (χ4n) is 2.06. The number of halogens is 2. The van der Waals surface area contributed by atoms with Crippen molar-refractivity contribution in [3.63, 3.8) is 0 Å². The SMILES string of the molecule is Cn1cc(-c2[nH]nc(N)c2-c2ccc(Cl)c(Cl)c2)cn1. The minimum Gasteiger partial charge on any atom is -0.382 e. The number of nitrogens with two attached hydrogens (primary N) is 1. The maximum absolute atomic E-state index is 6.07. The predicted molar refractivity (Wildman–Crippen MR) is 80.7 cm³/mol. The second-order valence-electron chi connectivity index (χ2n) is 4.39. The van der Waals surface area contributed by atoms with Gasteiger partial charge in [0, 0.05) is 18.8 Å². The van der Waals surface area contributed by atoms with Crippen LogP contribution in [0.25, 0.3) is 22.4 Å². The summed E-state index contributed by atoms with van der Waals surface area (Å²) in [6, 6.07) is 5.36. The highest BCUT2D eigenvalue weighted by Gasteiger charge is 2.16. The van der Waals surface area contributed by atoms with Crippen LogP contribution in [0, 0.1) is 0 Å². The van der Waals surface area contributed by atoms with Crippen LogP contribution in [0.3, 0.4) is 0 Å². The molecule has 0 radical (unpaired) electrons. The summed E-state index contributed by atoms with van der Waals surface area (Å²) in [4.78, 5) is 0. The molecule has 0 aliphatic rings. The third kappa shape index (κ3) is 2.15. The lowest BCUT2D eigenvalue weighted by molar-refractivity contribution is 0.768. The summed E-state index contributed by atoms with van der Waals surface area (Å²) >= 11 is 12.0. The smallest absolute Gasteiger partial charge is 0.153 e. The number of nitrogen functional groups attached to an aromatic ring is 1. The molecule has 2 heterocycles. The summed E-state index contributed by atoms with van der Waals surface area (Å²) in [5.74, 6) is 0.405. The van der Waals surface area contributed by atoms with Gasteiger partial charge < -0.3 is 5.73 Å². The van der Waals surface area contributed by atoms with Crippen LogP contribution in [0.15, 0.2) is 30.6 Å². The average Bonchev–Trinajstić information content (AvgIpc) is 2.99. The van der Waals surface area contributed by atoms with E-state index in [-0.39, 0.29) is 0 Å². The quantitative estimate of drug-likeness (QED) is 0.762. The Morgan fingerprint density at radius 1 is 1.20 bits per heavy atom. The highest BCUT2D eigenvalue weighted by molar-refractivity contribution is 6.42. The predicted octanol–water partition coefficient (Wildman–Crippen LogP) is 3.37. The van der Waals surface area contributed by atoms with Crippen molar-refractivity contribution in [2.75, 3.05) is 5.73 Å². The lowest BCUT2D eigenvalue weighted by Crippen LogP contribution is -1.89. The number of nitrogens with one attached hydrogen (secondary N) is 1. The van der Waals surface area contributed by atoms with Crippen LogP contribution in [-0.4, -0.2) is 20.0 Å². The van der Waals surface area contributed by atoms with Gasteiger partial charge in [-0.25, -0.2) is 0 Å². The van der Waals surface area contributed by atoms with Gasteiger partial charge in [0.1, 0.15) is 0 Å². The number of rotatable bonds is 2. The Balaban J connectivity index is 2.18. The van der Waals surface area contributed by atoms with Crippen molar-refractivity contribution in [2.45, 2.75) is 0 Å². The summed E-state index contributed by atoms with van der Waals surface area (Å²) in [5, 5.41) is 12.1. The summed E-state index contributed by atoms with van der Waals surface area (Å²) in [6.45, 7) is 0. The summed E-state index contributed by atoms with van der Waals surface area (Å²) < 4.78 is 1.71. The van der Waals surface area contributed by atoms with Crippen molar-refractivity contribution in [3.05, 3.63) is 40.6 Å². The second-order valence-corrected chi connectivity index (χ2v) is 5.20. The first-order valence-corrected chi connectivity index (χ1v) is 6.60. The zero-order valence-corrected chi connectivity index (χ0v) is 12.1. The largest absolute Gasteiger partial charge is 0.382 e. The lowest BCUT2D eigenvalue weighted by Gasteiger charge is -2.04. The second kappa shape index (κ2) is 4.85. The van der Waals surface area contributed by atoms with E-state index >= 15 is 0 Å². The van der Waals surface area contributed by atoms with Crippen molar-refractivity contribution >= 4 is 29.0 Å². The molecule has 0 aliphatic carbocycles. The molecular weight excluding hydrogens is 297 g/mol. The van der Waals surface area contributed by atoms with Gasteiger partial charge in [-0.2, -0.15) is 10.2 Å². The normalized spacial score (nSPS) is 10.9. The molecule has 0 saturated carbocycles. The van der Waals surface area contributed by atoms with E-state index in [2.05, 4.69) is 15.3 Å². The minimum atomic E-state index is 0.405. The highest BCUT2D eigenvalue weighted by Crippen LogP contribution is 2.36. The van der Waals surface area contributed by atoms with Crippen molar-refractivity contribution in [1.29, 1.82) is 0 Å². The van der Waals surface area contributed by atoms with E-state index in [1.54, 1.807) is 23.0 Å². The van der Waals surface area contributed by atoms with Gasteiger partial charge in [-0.3, -0.25) is 9.78 Å². The molecule has 0 spiro atoms. The van der Waals surface area contributed by atoms with E-state index in [1.165, 1.54) is 0 Å². The van der Waals surface area contributed by atoms with Gasteiger partial charge >= 0.3 is 0 Å². The van der Waals surface area contributed by atoms with E-state index in [0.29, 0.717) is 15.9 Å². The van der Waals surface area contributed by atoms with Gasteiger partial charge in [-0.15, -0.1) is 0 Å². The molecule has 0 bridgehead atoms. The molecule has 3 aromatic rings. The number of aromatic nitrogens is 4. The van der Waals surface area contributed by atoms with E-state index in [4.69, 9.17) is 28.9 Å². The number of hydrogen-bond acceptors (Lipinski definition) is 3. The molecule has 1 aromatic carbocycles. The van der Waals surface area contributed by atoms with Crippen LogP contribution < -0.4 is 5.73 Å². The Labute approximate surface area is 125 Å². The first-order chi connectivity index (χ1) is 9.56. The molecule has 7 heteroatoms. The maximum Gasteiger partial charge on any atom is 0.153 e. The first-order valence-electron chi connectivity index (χ1n) is 5.84. The summed E-state index contributed by atoms with van der Waals surface area (Å²) in [5.41, 5.74) is 9.30. The van der Waals surface area contributed by atoms with Crippen molar-refractivity contribution < 1.29 is 0 Å². The molecule has 3 rings (SSSR count). The van der Waals surface area contributed by atoms with Crippen LogP contribution >= 0.6 is 23.2 Å². The number of H-pyrrole nitrogens is 1. The Hall–Kier alpha value is -1.98. The highest BCUT2D eigenvalue weighted by atomic mass is 35.5. The van der Waals surface area contributed by atoms with Crippen LogP contribution in [0.5, 0.6) is 0 Å². The van der Waals surface area contributed by atoms with E-state index in [0.717, 1.165) is 22.4 Å². The topological polar surface area (TPSA) is 72.5 Å². The Morgan fingerprint density at radius 2 is 2.00 bits per heavy atom. The zero-order valence-electron chi connectivity index (χ0n) is 10.6.